The largest absolute Gasteiger partial charge is 0.493 e. The summed E-state index contributed by atoms with van der Waals surface area (Å²) in [6.07, 6.45) is 19.2. The molecule has 0 heterocycles. The molecule has 0 amide bonds. The van der Waals surface area contributed by atoms with E-state index < -0.39 is 0 Å². The van der Waals surface area contributed by atoms with Gasteiger partial charge < -0.3 is 9.47 Å². The van der Waals surface area contributed by atoms with Gasteiger partial charge in [0.1, 0.15) is 11.9 Å². The standard InChI is InChI=1S/C28H44O3/c1-2-3-4-5-6-7-8-9-10-15-28(29)31-27-14-12-11-13-26(27)24-18-20-25(21-19-24)30-22-23-16-17-23/h18-21,23,26-27H,2-17,22H2,1H3/t26-,27+/m1/s1. The molecule has 3 heteroatoms. The van der Waals surface area contributed by atoms with Crippen molar-refractivity contribution in [3.63, 3.8) is 0 Å². The van der Waals surface area contributed by atoms with Crippen LogP contribution >= 0.6 is 0 Å². The summed E-state index contributed by atoms with van der Waals surface area (Å²) in [5.74, 6) is 2.07. The zero-order valence-corrected chi connectivity index (χ0v) is 19.8. The summed E-state index contributed by atoms with van der Waals surface area (Å²) in [5.41, 5.74) is 1.29. The van der Waals surface area contributed by atoms with Gasteiger partial charge in [-0.05, 0) is 62.1 Å². The SMILES string of the molecule is CCCCCCCCCCCC(=O)O[C@H]1CCCC[C@@H]1c1ccc(OCC2CC2)cc1. The Bertz CT molecular complexity index is 620. The molecule has 0 aliphatic heterocycles. The molecule has 0 bridgehead atoms. The van der Waals surface area contributed by atoms with E-state index in [9.17, 15) is 4.79 Å². The Hall–Kier alpha value is -1.51. The van der Waals surface area contributed by atoms with E-state index in [4.69, 9.17) is 9.47 Å². The molecule has 3 rings (SSSR count). The van der Waals surface area contributed by atoms with Crippen LogP contribution in [0.5, 0.6) is 5.75 Å². The fraction of sp³-hybridized carbons (Fsp3) is 0.750. The van der Waals surface area contributed by atoms with Gasteiger partial charge in [0.25, 0.3) is 0 Å². The maximum Gasteiger partial charge on any atom is 0.306 e. The van der Waals surface area contributed by atoms with Crippen molar-refractivity contribution in [1.82, 2.24) is 0 Å². The molecular formula is C28H44O3. The van der Waals surface area contributed by atoms with Crippen LogP contribution in [-0.2, 0) is 9.53 Å². The zero-order valence-electron chi connectivity index (χ0n) is 19.8. The van der Waals surface area contributed by atoms with Gasteiger partial charge in [0, 0.05) is 12.3 Å². The minimum Gasteiger partial charge on any atom is -0.493 e. The molecular weight excluding hydrogens is 384 g/mol. The monoisotopic (exact) mass is 428 g/mol. The van der Waals surface area contributed by atoms with Crippen molar-refractivity contribution in [3.05, 3.63) is 29.8 Å². The number of rotatable bonds is 15. The smallest absolute Gasteiger partial charge is 0.306 e. The molecule has 0 N–H and O–H groups in total. The van der Waals surface area contributed by atoms with E-state index in [1.807, 2.05) is 0 Å². The molecule has 0 radical (unpaired) electrons. The number of hydrogen-bond donors (Lipinski definition) is 0. The summed E-state index contributed by atoms with van der Waals surface area (Å²) in [4.78, 5) is 12.5. The van der Waals surface area contributed by atoms with Crippen LogP contribution in [0, 0.1) is 5.92 Å². The van der Waals surface area contributed by atoms with Crippen LogP contribution in [0.4, 0.5) is 0 Å². The van der Waals surface area contributed by atoms with E-state index >= 15 is 0 Å². The zero-order chi connectivity index (χ0) is 21.7. The van der Waals surface area contributed by atoms with Crippen LogP contribution in [0.25, 0.3) is 0 Å². The molecule has 174 valence electrons. The molecule has 2 atom stereocenters. The van der Waals surface area contributed by atoms with Crippen molar-refractivity contribution in [2.45, 2.75) is 122 Å². The van der Waals surface area contributed by atoms with Crippen LogP contribution < -0.4 is 4.74 Å². The lowest BCUT2D eigenvalue weighted by atomic mass is 9.81. The average Bonchev–Trinajstić information content (AvgIpc) is 3.62. The Labute approximate surface area is 190 Å². The Kier molecular flexibility index (Phi) is 10.8. The predicted molar refractivity (Wildman–Crippen MR) is 128 cm³/mol. The van der Waals surface area contributed by atoms with Gasteiger partial charge in [0.05, 0.1) is 6.61 Å². The summed E-state index contributed by atoms with van der Waals surface area (Å²) in [7, 11) is 0. The summed E-state index contributed by atoms with van der Waals surface area (Å²) in [5, 5.41) is 0. The number of carbonyl (C=O) groups is 1. The lowest BCUT2D eigenvalue weighted by Crippen LogP contribution is -2.28. The van der Waals surface area contributed by atoms with E-state index in [-0.39, 0.29) is 12.1 Å². The Morgan fingerprint density at radius 2 is 1.48 bits per heavy atom. The Morgan fingerprint density at radius 1 is 0.839 bits per heavy atom. The molecule has 2 aliphatic carbocycles. The number of benzene rings is 1. The third-order valence-electron chi connectivity index (χ3n) is 6.96. The topological polar surface area (TPSA) is 35.5 Å². The van der Waals surface area contributed by atoms with Gasteiger partial charge in [-0.25, -0.2) is 0 Å². The highest BCUT2D eigenvalue weighted by molar-refractivity contribution is 5.69. The van der Waals surface area contributed by atoms with E-state index in [1.54, 1.807) is 0 Å². The molecule has 0 unspecified atom stereocenters. The maximum absolute atomic E-state index is 12.5. The fourth-order valence-corrected chi connectivity index (χ4v) is 4.74. The van der Waals surface area contributed by atoms with Crippen molar-refractivity contribution >= 4 is 5.97 Å². The molecule has 0 aromatic heterocycles. The number of hydrogen-bond acceptors (Lipinski definition) is 3. The Balaban J connectivity index is 1.34. The van der Waals surface area contributed by atoms with Gasteiger partial charge in [-0.2, -0.15) is 0 Å². The minimum absolute atomic E-state index is 0.00392. The van der Waals surface area contributed by atoms with Crippen LogP contribution in [0.2, 0.25) is 0 Å². The van der Waals surface area contributed by atoms with E-state index in [0.29, 0.717) is 12.3 Å². The van der Waals surface area contributed by atoms with Crippen molar-refractivity contribution in [1.29, 1.82) is 0 Å². The van der Waals surface area contributed by atoms with Gasteiger partial charge in [0.2, 0.25) is 0 Å². The van der Waals surface area contributed by atoms with Gasteiger partial charge in [-0.1, -0.05) is 76.8 Å². The summed E-state index contributed by atoms with van der Waals surface area (Å²) >= 11 is 0. The normalized spacial score (nSPS) is 21.1. The predicted octanol–water partition coefficient (Wildman–Crippen LogP) is 7.97. The van der Waals surface area contributed by atoms with Crippen LogP contribution in [0.15, 0.2) is 24.3 Å². The van der Waals surface area contributed by atoms with Crippen molar-refractivity contribution in [2.75, 3.05) is 6.61 Å². The van der Waals surface area contributed by atoms with E-state index in [0.717, 1.165) is 50.4 Å². The Morgan fingerprint density at radius 3 is 2.16 bits per heavy atom. The third-order valence-corrected chi connectivity index (χ3v) is 6.96. The van der Waals surface area contributed by atoms with E-state index in [1.165, 1.54) is 69.8 Å². The van der Waals surface area contributed by atoms with Gasteiger partial charge in [0.15, 0.2) is 0 Å². The lowest BCUT2D eigenvalue weighted by Gasteiger charge is -2.31. The van der Waals surface area contributed by atoms with Crippen LogP contribution in [0.1, 0.15) is 121 Å². The van der Waals surface area contributed by atoms with E-state index in [2.05, 4.69) is 31.2 Å². The molecule has 1 aromatic rings. The first kappa shape index (κ1) is 24.1. The highest BCUT2D eigenvalue weighted by Crippen LogP contribution is 2.36. The lowest BCUT2D eigenvalue weighted by molar-refractivity contribution is -0.151. The number of unbranched alkanes of at least 4 members (excludes halogenated alkanes) is 8. The second kappa shape index (κ2) is 13.8. The second-order valence-electron chi connectivity index (χ2n) is 9.82. The molecule has 0 saturated heterocycles. The number of esters is 1. The van der Waals surface area contributed by atoms with Crippen LogP contribution in [0.3, 0.4) is 0 Å². The highest BCUT2D eigenvalue weighted by atomic mass is 16.5. The summed E-state index contributed by atoms with van der Waals surface area (Å²) in [6.45, 7) is 3.11. The fourth-order valence-electron chi connectivity index (χ4n) is 4.74. The third kappa shape index (κ3) is 9.25. The molecule has 31 heavy (non-hydrogen) atoms. The first-order chi connectivity index (χ1) is 15.3. The quantitative estimate of drug-likeness (QED) is 0.210. The highest BCUT2D eigenvalue weighted by Gasteiger charge is 2.29. The van der Waals surface area contributed by atoms with Gasteiger partial charge in [-0.3, -0.25) is 4.79 Å². The van der Waals surface area contributed by atoms with Crippen LogP contribution in [-0.4, -0.2) is 18.7 Å². The van der Waals surface area contributed by atoms with Gasteiger partial charge >= 0.3 is 5.97 Å². The average molecular weight is 429 g/mol. The first-order valence-corrected chi connectivity index (χ1v) is 13.2. The number of ether oxygens (including phenoxy) is 2. The molecule has 0 spiro atoms. The molecule has 1 aromatic carbocycles. The molecule has 3 nitrogen and oxygen atoms in total. The van der Waals surface area contributed by atoms with Crippen molar-refractivity contribution < 1.29 is 14.3 Å². The van der Waals surface area contributed by atoms with Gasteiger partial charge in [-0.15, -0.1) is 0 Å². The molecule has 2 saturated carbocycles. The summed E-state index contributed by atoms with van der Waals surface area (Å²) < 4.78 is 11.9. The van der Waals surface area contributed by atoms with Crippen molar-refractivity contribution in [3.8, 4) is 5.75 Å². The molecule has 2 fully saturated rings. The second-order valence-corrected chi connectivity index (χ2v) is 9.82. The minimum atomic E-state index is 0.00392. The molecule has 2 aliphatic rings. The summed E-state index contributed by atoms with van der Waals surface area (Å²) in [6, 6.07) is 8.54. The number of carbonyl (C=O) groups excluding carboxylic acids is 1. The van der Waals surface area contributed by atoms with Crippen molar-refractivity contribution in [2.24, 2.45) is 5.92 Å². The first-order valence-electron chi connectivity index (χ1n) is 13.2. The maximum atomic E-state index is 12.5.